The van der Waals surface area contributed by atoms with Crippen LogP contribution in [-0.4, -0.2) is 14.8 Å². The number of allylic oxidation sites excluding steroid dienone is 1. The van der Waals surface area contributed by atoms with E-state index >= 15 is 0 Å². The molecule has 1 aliphatic heterocycles. The Morgan fingerprint density at radius 2 is 1.64 bits per heavy atom. The maximum Gasteiger partial charge on any atom is 0.226 e. The quantitative estimate of drug-likeness (QED) is 0.764. The smallest absolute Gasteiger partial charge is 0.226 e. The van der Waals surface area contributed by atoms with Crippen molar-refractivity contribution >= 4 is 11.6 Å². The lowest BCUT2D eigenvalue weighted by atomic mass is 10.0. The molecule has 1 aliphatic rings. The number of hydrogen-bond acceptors (Lipinski definition) is 3. The van der Waals surface area contributed by atoms with E-state index in [9.17, 15) is 13.2 Å². The molecule has 2 heterocycles. The molecule has 4 nitrogen and oxygen atoms in total. The minimum Gasteiger partial charge on any atom is -0.324 e. The first kappa shape index (κ1) is 15.4. The minimum atomic E-state index is -0.663. The number of benzene rings is 2. The van der Waals surface area contributed by atoms with E-state index in [2.05, 4.69) is 15.4 Å². The molecule has 0 amide bonds. The van der Waals surface area contributed by atoms with Crippen LogP contribution in [-0.2, 0) is 0 Å². The third kappa shape index (κ3) is 2.88. The zero-order valence-corrected chi connectivity index (χ0v) is 13.2. The number of aromatic nitrogens is 3. The Labute approximate surface area is 141 Å². The molecule has 0 radical (unpaired) electrons. The molecular weight excluding hydrogens is 329 g/mol. The summed E-state index contributed by atoms with van der Waals surface area (Å²) >= 11 is 0. The summed E-state index contributed by atoms with van der Waals surface area (Å²) in [5, 5.41) is 7.43. The fourth-order valence-electron chi connectivity index (χ4n) is 2.88. The van der Waals surface area contributed by atoms with Gasteiger partial charge in [-0.3, -0.25) is 0 Å². The predicted molar refractivity (Wildman–Crippen MR) is 87.3 cm³/mol. The zero-order chi connectivity index (χ0) is 17.6. The predicted octanol–water partition coefficient (Wildman–Crippen LogP) is 4.06. The first-order valence-corrected chi connectivity index (χ1v) is 7.63. The van der Waals surface area contributed by atoms with Crippen LogP contribution in [0.25, 0.3) is 5.70 Å². The van der Waals surface area contributed by atoms with Gasteiger partial charge in [0.1, 0.15) is 29.3 Å². The fraction of sp³-hybridized carbons (Fsp3) is 0.111. The summed E-state index contributed by atoms with van der Waals surface area (Å²) in [6.45, 7) is 1.73. The summed E-state index contributed by atoms with van der Waals surface area (Å²) in [4.78, 5) is 4.30. The molecule has 0 aliphatic carbocycles. The molecule has 1 atom stereocenters. The highest BCUT2D eigenvalue weighted by atomic mass is 19.1. The molecule has 2 aromatic carbocycles. The van der Waals surface area contributed by atoms with E-state index in [-0.39, 0.29) is 5.82 Å². The maximum atomic E-state index is 13.7. The first-order chi connectivity index (χ1) is 12.0. The lowest BCUT2D eigenvalue weighted by molar-refractivity contribution is 0.560. The number of halogens is 3. The van der Waals surface area contributed by atoms with Gasteiger partial charge in [0.2, 0.25) is 5.95 Å². The first-order valence-electron chi connectivity index (χ1n) is 7.63. The minimum absolute atomic E-state index is 0.345. The molecule has 3 aromatic rings. The number of rotatable bonds is 2. The molecule has 0 bridgehead atoms. The van der Waals surface area contributed by atoms with Crippen molar-refractivity contribution in [1.29, 1.82) is 0 Å². The van der Waals surface area contributed by atoms with Gasteiger partial charge < -0.3 is 5.32 Å². The molecule has 4 rings (SSSR count). The van der Waals surface area contributed by atoms with Crippen LogP contribution >= 0.6 is 0 Å². The summed E-state index contributed by atoms with van der Waals surface area (Å²) in [6, 6.07) is 8.74. The van der Waals surface area contributed by atoms with Gasteiger partial charge >= 0.3 is 0 Å². The number of hydrogen-bond donors (Lipinski definition) is 1. The van der Waals surface area contributed by atoms with Crippen LogP contribution in [0.5, 0.6) is 0 Å². The SMILES string of the molecule is Cc1nc2n(n1)[C@@H](c1cc(F)cc(F)c1)C=C(c1ccc(F)cc1)N2. The van der Waals surface area contributed by atoms with Crippen LogP contribution in [0.2, 0.25) is 0 Å². The van der Waals surface area contributed by atoms with Gasteiger partial charge in [-0.2, -0.15) is 10.1 Å². The van der Waals surface area contributed by atoms with Crippen LogP contribution in [0.1, 0.15) is 23.0 Å². The average molecular weight is 342 g/mol. The third-order valence-electron chi connectivity index (χ3n) is 3.95. The maximum absolute atomic E-state index is 13.7. The van der Waals surface area contributed by atoms with Crippen molar-refractivity contribution < 1.29 is 13.2 Å². The van der Waals surface area contributed by atoms with Gasteiger partial charge in [0.05, 0.1) is 0 Å². The number of aryl methyl sites for hydroxylation is 1. The van der Waals surface area contributed by atoms with Gasteiger partial charge in [-0.05, 0) is 60.5 Å². The largest absolute Gasteiger partial charge is 0.324 e. The normalized spacial score (nSPS) is 16.2. The second-order valence-electron chi connectivity index (χ2n) is 5.79. The van der Waals surface area contributed by atoms with E-state index in [1.165, 1.54) is 24.3 Å². The second kappa shape index (κ2) is 5.77. The van der Waals surface area contributed by atoms with Crippen molar-refractivity contribution in [2.75, 3.05) is 5.32 Å². The molecular formula is C18H13F3N4. The van der Waals surface area contributed by atoms with Gasteiger partial charge in [-0.25, -0.2) is 17.9 Å². The molecule has 0 saturated heterocycles. The Morgan fingerprint density at radius 3 is 2.32 bits per heavy atom. The van der Waals surface area contributed by atoms with Gasteiger partial charge in [-0.1, -0.05) is 0 Å². The number of nitrogens with one attached hydrogen (secondary N) is 1. The van der Waals surface area contributed by atoms with Crippen molar-refractivity contribution in [2.45, 2.75) is 13.0 Å². The van der Waals surface area contributed by atoms with Crippen molar-refractivity contribution in [3.05, 3.63) is 82.9 Å². The Hall–Kier alpha value is -3.09. The summed E-state index contributed by atoms with van der Waals surface area (Å²) in [5.74, 6) is -0.692. The zero-order valence-electron chi connectivity index (χ0n) is 13.2. The fourth-order valence-corrected chi connectivity index (χ4v) is 2.88. The van der Waals surface area contributed by atoms with Gasteiger partial charge in [-0.15, -0.1) is 0 Å². The molecule has 1 N–H and O–H groups in total. The van der Waals surface area contributed by atoms with Crippen molar-refractivity contribution in [1.82, 2.24) is 14.8 Å². The molecule has 126 valence electrons. The second-order valence-corrected chi connectivity index (χ2v) is 5.79. The summed E-state index contributed by atoms with van der Waals surface area (Å²) < 4.78 is 42.1. The number of anilines is 1. The summed E-state index contributed by atoms with van der Waals surface area (Å²) in [7, 11) is 0. The Morgan fingerprint density at radius 1 is 0.960 bits per heavy atom. The highest BCUT2D eigenvalue weighted by molar-refractivity contribution is 5.77. The van der Waals surface area contributed by atoms with E-state index in [4.69, 9.17) is 0 Å². The standard InChI is InChI=1S/C18H13F3N4/c1-10-22-18-23-16(11-2-4-13(19)5-3-11)9-17(25(18)24-10)12-6-14(20)8-15(21)7-12/h2-9,17H,1H3,(H,22,23,24)/t17-/m1/s1. The van der Waals surface area contributed by atoms with Crippen LogP contribution in [0.4, 0.5) is 19.1 Å². The van der Waals surface area contributed by atoms with E-state index < -0.39 is 17.7 Å². The van der Waals surface area contributed by atoms with Crippen LogP contribution in [0.15, 0.2) is 48.5 Å². The molecule has 1 aromatic heterocycles. The van der Waals surface area contributed by atoms with Gasteiger partial charge in [0.15, 0.2) is 0 Å². The molecule has 0 unspecified atom stereocenters. The van der Waals surface area contributed by atoms with Crippen molar-refractivity contribution in [3.63, 3.8) is 0 Å². The van der Waals surface area contributed by atoms with Crippen molar-refractivity contribution in [2.24, 2.45) is 0 Å². The Kier molecular flexibility index (Phi) is 3.56. The third-order valence-corrected chi connectivity index (χ3v) is 3.95. The van der Waals surface area contributed by atoms with Crippen LogP contribution in [0.3, 0.4) is 0 Å². The monoisotopic (exact) mass is 342 g/mol. The van der Waals surface area contributed by atoms with E-state index in [1.54, 1.807) is 29.8 Å². The molecule has 7 heteroatoms. The molecule has 0 saturated carbocycles. The average Bonchev–Trinajstić information content (AvgIpc) is 2.93. The topological polar surface area (TPSA) is 42.7 Å². The highest BCUT2D eigenvalue weighted by Gasteiger charge is 2.25. The summed E-state index contributed by atoms with van der Waals surface area (Å²) in [5.41, 5.74) is 1.80. The molecule has 25 heavy (non-hydrogen) atoms. The van der Waals surface area contributed by atoms with Crippen LogP contribution < -0.4 is 5.32 Å². The Balaban J connectivity index is 1.85. The lowest BCUT2D eigenvalue weighted by Crippen LogP contribution is -2.20. The number of fused-ring (bicyclic) bond motifs is 1. The van der Waals surface area contributed by atoms with E-state index in [0.717, 1.165) is 11.6 Å². The summed E-state index contributed by atoms with van der Waals surface area (Å²) in [6.07, 6.45) is 1.78. The molecule has 0 fully saturated rings. The lowest BCUT2D eigenvalue weighted by Gasteiger charge is -2.24. The number of nitrogens with zero attached hydrogens (tertiary/aromatic N) is 3. The molecule has 0 spiro atoms. The van der Waals surface area contributed by atoms with Gasteiger partial charge in [0, 0.05) is 11.8 Å². The van der Waals surface area contributed by atoms with Crippen LogP contribution in [0, 0.1) is 24.4 Å². The highest BCUT2D eigenvalue weighted by Crippen LogP contribution is 2.33. The van der Waals surface area contributed by atoms with Gasteiger partial charge in [0.25, 0.3) is 0 Å². The van der Waals surface area contributed by atoms with E-state index in [1.807, 2.05) is 0 Å². The Bertz CT molecular complexity index is 956. The van der Waals surface area contributed by atoms with Crippen molar-refractivity contribution in [3.8, 4) is 0 Å². The van der Waals surface area contributed by atoms with E-state index in [0.29, 0.717) is 23.0 Å².